The topological polar surface area (TPSA) is 49.8 Å². The van der Waals surface area contributed by atoms with Crippen molar-refractivity contribution in [3.05, 3.63) is 82.1 Å². The smallest absolute Gasteiger partial charge is 0.373 e. The Kier molecular flexibility index (Phi) is 7.54. The average Bonchev–Trinajstić information content (AvgIpc) is 3.46. The first-order chi connectivity index (χ1) is 18.7. The molecule has 4 nitrogen and oxygen atoms in total. The van der Waals surface area contributed by atoms with E-state index in [2.05, 4.69) is 0 Å². The van der Waals surface area contributed by atoms with E-state index in [1.807, 2.05) is 36.1 Å². The standard InChI is InChI=1S/C30H31F6NO3/c1-16-5-3-4-6-24(16)27-25(10-7-18-15-37(28(39)26(18)27)22-8-9-23(38)14-22)40-17(2)19-11-20(29(31,32)33)13-21(12-19)30(34,35)36/h3-6,11-14,17-18,25-28,39H,7-10,15H2,1-2H3/t17-,18-,25+,26-,27-,28?/m1/s1. The molecular formula is C30H31F6NO3. The molecule has 216 valence electrons. The Morgan fingerprint density at radius 3 is 2.20 bits per heavy atom. The van der Waals surface area contributed by atoms with Gasteiger partial charge in [0.15, 0.2) is 5.78 Å². The number of aliphatic hydroxyl groups is 1. The van der Waals surface area contributed by atoms with E-state index in [0.717, 1.165) is 16.8 Å². The summed E-state index contributed by atoms with van der Waals surface area (Å²) in [6, 6.07) is 9.15. The summed E-state index contributed by atoms with van der Waals surface area (Å²) in [6.07, 6.45) is -8.73. The van der Waals surface area contributed by atoms with Crippen molar-refractivity contribution in [2.24, 2.45) is 11.8 Å². The Balaban J connectivity index is 1.49. The van der Waals surface area contributed by atoms with Gasteiger partial charge in [-0.05, 0) is 73.9 Å². The maximum Gasteiger partial charge on any atom is 0.416 e. The zero-order chi connectivity index (χ0) is 29.0. The molecule has 2 aromatic carbocycles. The Labute approximate surface area is 228 Å². The van der Waals surface area contributed by atoms with Gasteiger partial charge < -0.3 is 14.7 Å². The lowest BCUT2D eigenvalue weighted by Gasteiger charge is -2.42. The SMILES string of the molecule is Cc1ccccc1[C@H]1[C@@H]2C(O)N(C3=CC(=O)CC3)C[C@H]2CC[C@@H]1O[C@H](C)c1cc(C(F)(F)F)cc(C(F)(F)F)c1. The molecule has 2 aromatic rings. The minimum absolute atomic E-state index is 0.0156. The Hall–Kier alpha value is -2.85. The van der Waals surface area contributed by atoms with Gasteiger partial charge in [0, 0.05) is 36.6 Å². The second kappa shape index (κ2) is 10.5. The molecule has 0 amide bonds. The molecule has 0 bridgehead atoms. The third-order valence-corrected chi connectivity index (χ3v) is 8.61. The van der Waals surface area contributed by atoms with E-state index in [9.17, 15) is 36.2 Å². The number of ketones is 1. The summed E-state index contributed by atoms with van der Waals surface area (Å²) < 4.78 is 87.3. The summed E-state index contributed by atoms with van der Waals surface area (Å²) in [5.74, 6) is -0.553. The van der Waals surface area contributed by atoms with Gasteiger partial charge in [0.05, 0.1) is 23.3 Å². The molecule has 3 aliphatic rings. The quantitative estimate of drug-likeness (QED) is 0.390. The van der Waals surface area contributed by atoms with E-state index in [0.29, 0.717) is 44.4 Å². The molecule has 6 atom stereocenters. The Morgan fingerprint density at radius 2 is 1.62 bits per heavy atom. The maximum atomic E-state index is 13.5. The van der Waals surface area contributed by atoms with Crippen molar-refractivity contribution in [3.8, 4) is 0 Å². The first-order valence-electron chi connectivity index (χ1n) is 13.4. The Bertz CT molecular complexity index is 1270. The van der Waals surface area contributed by atoms with E-state index in [1.165, 1.54) is 6.92 Å². The van der Waals surface area contributed by atoms with Crippen LogP contribution in [0.4, 0.5) is 26.3 Å². The minimum atomic E-state index is -4.95. The highest BCUT2D eigenvalue weighted by atomic mass is 19.4. The number of carbonyl (C=O) groups excluding carboxylic acids is 1. The molecule has 40 heavy (non-hydrogen) atoms. The van der Waals surface area contributed by atoms with Crippen LogP contribution in [-0.2, 0) is 21.9 Å². The molecule has 5 rings (SSSR count). The van der Waals surface area contributed by atoms with Crippen molar-refractivity contribution in [1.29, 1.82) is 0 Å². The van der Waals surface area contributed by atoms with Crippen LogP contribution in [0, 0.1) is 18.8 Å². The highest BCUT2D eigenvalue weighted by molar-refractivity contribution is 5.92. The van der Waals surface area contributed by atoms with Crippen LogP contribution in [0.5, 0.6) is 0 Å². The van der Waals surface area contributed by atoms with Gasteiger partial charge in [0.25, 0.3) is 0 Å². The molecule has 1 saturated carbocycles. The summed E-state index contributed by atoms with van der Waals surface area (Å²) in [5.41, 5.74) is -0.303. The molecule has 2 fully saturated rings. The van der Waals surface area contributed by atoms with Crippen molar-refractivity contribution in [2.45, 2.75) is 76.2 Å². The number of hydrogen-bond donors (Lipinski definition) is 1. The molecule has 0 radical (unpaired) electrons. The van der Waals surface area contributed by atoms with Crippen LogP contribution in [0.25, 0.3) is 0 Å². The fourth-order valence-corrected chi connectivity index (χ4v) is 6.67. The number of aliphatic hydroxyl groups excluding tert-OH is 1. The molecule has 0 spiro atoms. The van der Waals surface area contributed by atoms with E-state index < -0.39 is 41.9 Å². The number of benzene rings is 2. The zero-order valence-electron chi connectivity index (χ0n) is 22.1. The number of allylic oxidation sites excluding steroid dienone is 2. The van der Waals surface area contributed by atoms with Gasteiger partial charge in [-0.25, -0.2) is 0 Å². The van der Waals surface area contributed by atoms with Crippen molar-refractivity contribution in [3.63, 3.8) is 0 Å². The van der Waals surface area contributed by atoms with E-state index in [1.54, 1.807) is 6.08 Å². The highest BCUT2D eigenvalue weighted by Crippen LogP contribution is 2.52. The van der Waals surface area contributed by atoms with Gasteiger partial charge >= 0.3 is 12.4 Å². The zero-order valence-corrected chi connectivity index (χ0v) is 22.1. The lowest BCUT2D eigenvalue weighted by atomic mass is 9.68. The van der Waals surface area contributed by atoms with Crippen LogP contribution in [-0.4, -0.2) is 34.7 Å². The molecular weight excluding hydrogens is 536 g/mol. The number of hydrogen-bond acceptors (Lipinski definition) is 4. The van der Waals surface area contributed by atoms with Crippen molar-refractivity contribution >= 4 is 5.78 Å². The molecule has 1 heterocycles. The second-order valence-electron chi connectivity index (χ2n) is 11.1. The third-order valence-electron chi connectivity index (χ3n) is 8.61. The molecule has 1 unspecified atom stereocenters. The van der Waals surface area contributed by atoms with Gasteiger partial charge in [0.2, 0.25) is 0 Å². The predicted molar refractivity (Wildman–Crippen MR) is 135 cm³/mol. The second-order valence-corrected chi connectivity index (χ2v) is 11.1. The Morgan fingerprint density at radius 1 is 0.975 bits per heavy atom. The molecule has 10 heteroatoms. The van der Waals surface area contributed by atoms with Crippen LogP contribution >= 0.6 is 0 Å². The number of rotatable bonds is 5. The predicted octanol–water partition coefficient (Wildman–Crippen LogP) is 7.17. The number of halogens is 6. The first kappa shape index (κ1) is 28.7. The molecule has 0 aromatic heterocycles. The fourth-order valence-electron chi connectivity index (χ4n) is 6.67. The van der Waals surface area contributed by atoms with E-state index in [-0.39, 0.29) is 35.2 Å². The first-order valence-corrected chi connectivity index (χ1v) is 13.4. The molecule has 2 aliphatic carbocycles. The fraction of sp³-hybridized carbons (Fsp3) is 0.500. The van der Waals surface area contributed by atoms with Gasteiger partial charge in [0.1, 0.15) is 6.23 Å². The number of alkyl halides is 6. The third kappa shape index (κ3) is 5.52. The number of nitrogens with zero attached hydrogens (tertiary/aromatic N) is 1. The number of ether oxygens (including phenoxy) is 1. The van der Waals surface area contributed by atoms with Crippen molar-refractivity contribution in [2.75, 3.05) is 6.54 Å². The van der Waals surface area contributed by atoms with Gasteiger partial charge in [-0.3, -0.25) is 4.79 Å². The largest absolute Gasteiger partial charge is 0.416 e. The van der Waals surface area contributed by atoms with E-state index >= 15 is 0 Å². The van der Waals surface area contributed by atoms with Gasteiger partial charge in [-0.2, -0.15) is 26.3 Å². The van der Waals surface area contributed by atoms with Gasteiger partial charge in [-0.15, -0.1) is 0 Å². The summed E-state index contributed by atoms with van der Waals surface area (Å²) in [7, 11) is 0. The number of likely N-dealkylation sites (tertiary alicyclic amines) is 1. The van der Waals surface area contributed by atoms with Crippen LogP contribution in [0.2, 0.25) is 0 Å². The van der Waals surface area contributed by atoms with Crippen LogP contribution in [0.3, 0.4) is 0 Å². The normalized spacial score (nSPS) is 28.0. The lowest BCUT2D eigenvalue weighted by Crippen LogP contribution is -2.42. The monoisotopic (exact) mass is 567 g/mol. The number of carbonyl (C=O) groups is 1. The lowest BCUT2D eigenvalue weighted by molar-refractivity contribution is -0.143. The summed E-state index contributed by atoms with van der Waals surface area (Å²) in [4.78, 5) is 13.8. The summed E-state index contributed by atoms with van der Waals surface area (Å²) in [6.45, 7) is 3.96. The maximum absolute atomic E-state index is 13.5. The van der Waals surface area contributed by atoms with Crippen LogP contribution in [0.15, 0.2) is 54.2 Å². The number of fused-ring (bicyclic) bond motifs is 1. The van der Waals surface area contributed by atoms with Crippen LogP contribution < -0.4 is 0 Å². The molecule has 1 saturated heterocycles. The summed E-state index contributed by atoms with van der Waals surface area (Å²) in [5, 5.41) is 11.5. The average molecular weight is 568 g/mol. The van der Waals surface area contributed by atoms with Crippen LogP contribution in [0.1, 0.15) is 72.4 Å². The van der Waals surface area contributed by atoms with Crippen molar-refractivity contribution in [1.82, 2.24) is 4.90 Å². The highest BCUT2D eigenvalue weighted by Gasteiger charge is 2.52. The number of aryl methyl sites for hydroxylation is 1. The molecule has 1 aliphatic heterocycles. The van der Waals surface area contributed by atoms with Gasteiger partial charge in [-0.1, -0.05) is 24.3 Å². The van der Waals surface area contributed by atoms with Crippen molar-refractivity contribution < 1.29 is 41.0 Å². The summed E-state index contributed by atoms with van der Waals surface area (Å²) >= 11 is 0. The minimum Gasteiger partial charge on any atom is -0.373 e. The molecule has 1 N–H and O–H groups in total. The van der Waals surface area contributed by atoms with E-state index in [4.69, 9.17) is 4.74 Å².